The Balaban J connectivity index is 1.84. The zero-order valence-corrected chi connectivity index (χ0v) is 11.2. The summed E-state index contributed by atoms with van der Waals surface area (Å²) in [4.78, 5) is 16.8. The molecule has 1 amide bonds. The summed E-state index contributed by atoms with van der Waals surface area (Å²) in [6.07, 6.45) is 0. The summed E-state index contributed by atoms with van der Waals surface area (Å²) in [5.41, 5.74) is 3.98. The van der Waals surface area contributed by atoms with Crippen LogP contribution in [-0.4, -0.2) is 5.91 Å². The van der Waals surface area contributed by atoms with Crippen molar-refractivity contribution in [2.75, 3.05) is 0 Å². The average molecular weight is 306 g/mol. The molecule has 0 aliphatic heterocycles. The predicted octanol–water partition coefficient (Wildman–Crippen LogP) is 3.31. The van der Waals surface area contributed by atoms with Crippen LogP contribution in [0.1, 0.15) is 15.9 Å². The van der Waals surface area contributed by atoms with Crippen LogP contribution in [0.25, 0.3) is 0 Å². The van der Waals surface area contributed by atoms with Gasteiger partial charge in [0.15, 0.2) is 0 Å². The Labute approximate surface area is 114 Å². The van der Waals surface area contributed by atoms with Crippen molar-refractivity contribution in [1.29, 1.82) is 0 Å². The van der Waals surface area contributed by atoms with Crippen molar-refractivity contribution in [3.63, 3.8) is 0 Å². The average Bonchev–Trinajstić information content (AvgIpc) is 2.40. The van der Waals surface area contributed by atoms with Gasteiger partial charge in [-0.3, -0.25) is 9.63 Å². The molecule has 0 fully saturated rings. The van der Waals surface area contributed by atoms with Gasteiger partial charge in [-0.1, -0.05) is 46.3 Å². The van der Waals surface area contributed by atoms with Gasteiger partial charge in [0.1, 0.15) is 0 Å². The topological polar surface area (TPSA) is 38.3 Å². The van der Waals surface area contributed by atoms with E-state index >= 15 is 0 Å². The number of amides is 1. The molecule has 0 heterocycles. The molecule has 0 spiro atoms. The lowest BCUT2D eigenvalue weighted by atomic mass is 10.2. The Bertz CT molecular complexity index is 511. The highest BCUT2D eigenvalue weighted by Crippen LogP contribution is 2.10. The Morgan fingerprint density at radius 2 is 1.72 bits per heavy atom. The minimum Gasteiger partial charge on any atom is -0.269 e. The zero-order valence-electron chi connectivity index (χ0n) is 9.60. The molecule has 0 aliphatic rings. The molecule has 0 radical (unpaired) electrons. The zero-order chi connectivity index (χ0) is 12.8. The molecule has 2 aromatic rings. The third-order valence-electron chi connectivity index (χ3n) is 2.35. The molecule has 0 bridgehead atoms. The Morgan fingerprint density at radius 1 is 1.06 bits per heavy atom. The lowest BCUT2D eigenvalue weighted by molar-refractivity contribution is 0.0233. The van der Waals surface area contributed by atoms with E-state index in [1.165, 1.54) is 0 Å². The molecule has 18 heavy (non-hydrogen) atoms. The molecule has 2 aromatic carbocycles. The SMILES string of the molecule is O=C(NOCc1ccccc1)c1ccc(Br)cc1. The molecule has 3 nitrogen and oxygen atoms in total. The maximum absolute atomic E-state index is 11.7. The van der Waals surface area contributed by atoms with E-state index in [0.717, 1.165) is 10.0 Å². The largest absolute Gasteiger partial charge is 0.274 e. The summed E-state index contributed by atoms with van der Waals surface area (Å²) in [5.74, 6) is -0.251. The Hall–Kier alpha value is -1.65. The molecule has 92 valence electrons. The molecule has 2 rings (SSSR count). The molecule has 0 saturated carbocycles. The molecule has 0 aliphatic carbocycles. The summed E-state index contributed by atoms with van der Waals surface area (Å²) in [7, 11) is 0. The highest BCUT2D eigenvalue weighted by molar-refractivity contribution is 9.10. The van der Waals surface area contributed by atoms with Gasteiger partial charge in [0.2, 0.25) is 0 Å². The van der Waals surface area contributed by atoms with Gasteiger partial charge >= 0.3 is 0 Å². The summed E-state index contributed by atoms with van der Waals surface area (Å²) in [6, 6.07) is 16.7. The van der Waals surface area contributed by atoms with Crippen molar-refractivity contribution in [3.8, 4) is 0 Å². The van der Waals surface area contributed by atoms with Gasteiger partial charge in [-0.2, -0.15) is 0 Å². The van der Waals surface area contributed by atoms with Gasteiger partial charge in [-0.25, -0.2) is 5.48 Å². The van der Waals surface area contributed by atoms with E-state index in [0.29, 0.717) is 12.2 Å². The summed E-state index contributed by atoms with van der Waals surface area (Å²) in [6.45, 7) is 0.350. The number of hydrogen-bond acceptors (Lipinski definition) is 2. The van der Waals surface area contributed by atoms with Crippen molar-refractivity contribution in [1.82, 2.24) is 5.48 Å². The van der Waals surface area contributed by atoms with E-state index in [9.17, 15) is 4.79 Å². The number of carbonyl (C=O) groups is 1. The van der Waals surface area contributed by atoms with Crippen LogP contribution in [-0.2, 0) is 11.4 Å². The van der Waals surface area contributed by atoms with E-state index in [4.69, 9.17) is 4.84 Å². The maximum Gasteiger partial charge on any atom is 0.274 e. The second-order valence-electron chi connectivity index (χ2n) is 3.71. The number of rotatable bonds is 4. The number of hydroxylamine groups is 1. The fraction of sp³-hybridized carbons (Fsp3) is 0.0714. The third-order valence-corrected chi connectivity index (χ3v) is 2.88. The normalized spacial score (nSPS) is 10.1. The minimum atomic E-state index is -0.251. The number of benzene rings is 2. The fourth-order valence-corrected chi connectivity index (χ4v) is 1.68. The highest BCUT2D eigenvalue weighted by Gasteiger charge is 2.04. The Kier molecular flexibility index (Phi) is 4.50. The van der Waals surface area contributed by atoms with Crippen LogP contribution < -0.4 is 5.48 Å². The maximum atomic E-state index is 11.7. The standard InChI is InChI=1S/C14H12BrNO2/c15-13-8-6-12(7-9-13)14(17)16-18-10-11-4-2-1-3-5-11/h1-9H,10H2,(H,16,17). The van der Waals surface area contributed by atoms with Gasteiger partial charge in [0, 0.05) is 10.0 Å². The van der Waals surface area contributed by atoms with Gasteiger partial charge in [0.05, 0.1) is 6.61 Å². The molecule has 0 aromatic heterocycles. The second kappa shape index (κ2) is 6.33. The lowest BCUT2D eigenvalue weighted by Gasteiger charge is -2.06. The van der Waals surface area contributed by atoms with E-state index in [1.807, 2.05) is 42.5 Å². The number of nitrogens with one attached hydrogen (secondary N) is 1. The summed E-state index contributed by atoms with van der Waals surface area (Å²) < 4.78 is 0.934. The van der Waals surface area contributed by atoms with Crippen molar-refractivity contribution in [2.45, 2.75) is 6.61 Å². The van der Waals surface area contributed by atoms with Crippen LogP contribution in [0.5, 0.6) is 0 Å². The van der Waals surface area contributed by atoms with Gasteiger partial charge in [-0.15, -0.1) is 0 Å². The molecule has 1 N–H and O–H groups in total. The van der Waals surface area contributed by atoms with Gasteiger partial charge in [-0.05, 0) is 29.8 Å². The van der Waals surface area contributed by atoms with Crippen LogP contribution in [0.4, 0.5) is 0 Å². The van der Waals surface area contributed by atoms with Crippen LogP contribution in [0, 0.1) is 0 Å². The second-order valence-corrected chi connectivity index (χ2v) is 4.63. The van der Waals surface area contributed by atoms with Crippen LogP contribution in [0.3, 0.4) is 0 Å². The molecular weight excluding hydrogens is 294 g/mol. The lowest BCUT2D eigenvalue weighted by Crippen LogP contribution is -2.23. The first-order valence-corrected chi connectivity index (χ1v) is 6.26. The number of carbonyl (C=O) groups excluding carboxylic acids is 1. The molecule has 4 heteroatoms. The first kappa shape index (κ1) is 12.8. The van der Waals surface area contributed by atoms with Gasteiger partial charge in [0.25, 0.3) is 5.91 Å². The predicted molar refractivity (Wildman–Crippen MR) is 72.8 cm³/mol. The monoisotopic (exact) mass is 305 g/mol. The third kappa shape index (κ3) is 3.68. The number of halogens is 1. The van der Waals surface area contributed by atoms with Crippen LogP contribution in [0.2, 0.25) is 0 Å². The van der Waals surface area contributed by atoms with E-state index < -0.39 is 0 Å². The van der Waals surface area contributed by atoms with E-state index in [-0.39, 0.29) is 5.91 Å². The Morgan fingerprint density at radius 3 is 2.39 bits per heavy atom. The van der Waals surface area contributed by atoms with Gasteiger partial charge < -0.3 is 0 Å². The minimum absolute atomic E-state index is 0.251. The first-order chi connectivity index (χ1) is 8.75. The van der Waals surface area contributed by atoms with Crippen LogP contribution in [0.15, 0.2) is 59.1 Å². The molecule has 0 unspecified atom stereocenters. The van der Waals surface area contributed by atoms with Crippen molar-refractivity contribution < 1.29 is 9.63 Å². The van der Waals surface area contributed by atoms with Crippen molar-refractivity contribution >= 4 is 21.8 Å². The molecule has 0 atom stereocenters. The van der Waals surface area contributed by atoms with Crippen molar-refractivity contribution in [2.24, 2.45) is 0 Å². The van der Waals surface area contributed by atoms with Crippen molar-refractivity contribution in [3.05, 3.63) is 70.2 Å². The summed E-state index contributed by atoms with van der Waals surface area (Å²) >= 11 is 3.31. The quantitative estimate of drug-likeness (QED) is 0.880. The smallest absolute Gasteiger partial charge is 0.269 e. The van der Waals surface area contributed by atoms with E-state index in [2.05, 4.69) is 21.4 Å². The highest BCUT2D eigenvalue weighted by atomic mass is 79.9. The summed E-state index contributed by atoms with van der Waals surface area (Å²) in [5, 5.41) is 0. The van der Waals surface area contributed by atoms with E-state index in [1.54, 1.807) is 12.1 Å². The fourth-order valence-electron chi connectivity index (χ4n) is 1.42. The van der Waals surface area contributed by atoms with Crippen LogP contribution >= 0.6 is 15.9 Å². The number of hydrogen-bond donors (Lipinski definition) is 1. The molecule has 0 saturated heterocycles. The first-order valence-electron chi connectivity index (χ1n) is 5.47. The molecular formula is C14H12BrNO2.